The molecule has 3 rings (SSSR count). The summed E-state index contributed by atoms with van der Waals surface area (Å²) in [6.07, 6.45) is 2.66. The summed E-state index contributed by atoms with van der Waals surface area (Å²) in [6, 6.07) is 3.19. The monoisotopic (exact) mass is 265 g/mol. The number of nitrogens with zero attached hydrogens (tertiary/aromatic N) is 2. The molecule has 0 saturated heterocycles. The quantitative estimate of drug-likeness (QED) is 0.806. The smallest absolute Gasteiger partial charge is 0.160 e. The standard InChI is InChI=1S/C12H9ClFN3O/c13-12-3-7(8(14)5-17-12)9-4-10-11(6-16-9)18-2-1-15-10/h3-6,15H,1-2H2. The van der Waals surface area contributed by atoms with E-state index in [2.05, 4.69) is 15.3 Å². The molecule has 1 aliphatic rings. The molecule has 1 aliphatic heterocycles. The summed E-state index contributed by atoms with van der Waals surface area (Å²) in [7, 11) is 0. The van der Waals surface area contributed by atoms with Crippen molar-refractivity contribution in [2.24, 2.45) is 0 Å². The lowest BCUT2D eigenvalue weighted by atomic mass is 10.1. The number of halogens is 2. The van der Waals surface area contributed by atoms with E-state index in [1.54, 1.807) is 12.3 Å². The van der Waals surface area contributed by atoms with Gasteiger partial charge in [0.1, 0.15) is 11.8 Å². The number of nitrogens with one attached hydrogen (secondary N) is 1. The molecule has 0 radical (unpaired) electrons. The van der Waals surface area contributed by atoms with E-state index in [4.69, 9.17) is 16.3 Å². The lowest BCUT2D eigenvalue weighted by molar-refractivity contribution is 0.322. The molecular formula is C12H9ClFN3O. The minimum absolute atomic E-state index is 0.232. The molecule has 2 aromatic heterocycles. The second-order valence-electron chi connectivity index (χ2n) is 3.83. The predicted molar refractivity (Wildman–Crippen MR) is 66.4 cm³/mol. The van der Waals surface area contributed by atoms with Crippen molar-refractivity contribution in [3.05, 3.63) is 35.5 Å². The van der Waals surface area contributed by atoms with Crippen LogP contribution in [0, 0.1) is 5.82 Å². The molecule has 0 fully saturated rings. The summed E-state index contributed by atoms with van der Waals surface area (Å²) in [6.45, 7) is 1.32. The van der Waals surface area contributed by atoms with Crippen LogP contribution in [0.1, 0.15) is 0 Å². The summed E-state index contributed by atoms with van der Waals surface area (Å²) in [5, 5.41) is 3.40. The number of hydrogen-bond donors (Lipinski definition) is 1. The Morgan fingerprint density at radius 1 is 1.28 bits per heavy atom. The van der Waals surface area contributed by atoms with Crippen molar-refractivity contribution in [1.82, 2.24) is 9.97 Å². The molecular weight excluding hydrogens is 257 g/mol. The number of anilines is 1. The third-order valence-electron chi connectivity index (χ3n) is 2.64. The van der Waals surface area contributed by atoms with Gasteiger partial charge in [-0.15, -0.1) is 0 Å². The lowest BCUT2D eigenvalue weighted by Gasteiger charge is -2.19. The molecule has 3 heterocycles. The van der Waals surface area contributed by atoms with E-state index in [0.29, 0.717) is 23.6 Å². The average molecular weight is 266 g/mol. The Bertz CT molecular complexity index is 606. The normalized spacial score (nSPS) is 13.4. The summed E-state index contributed by atoms with van der Waals surface area (Å²) in [5.74, 6) is 0.217. The van der Waals surface area contributed by atoms with Gasteiger partial charge in [-0.2, -0.15) is 0 Å². The third kappa shape index (κ3) is 1.97. The Kier molecular flexibility index (Phi) is 2.76. The first-order valence-electron chi connectivity index (χ1n) is 5.42. The molecule has 0 amide bonds. The van der Waals surface area contributed by atoms with Crippen LogP contribution in [0.2, 0.25) is 5.15 Å². The van der Waals surface area contributed by atoms with Gasteiger partial charge in [-0.25, -0.2) is 9.37 Å². The zero-order valence-corrected chi connectivity index (χ0v) is 10.0. The fourth-order valence-electron chi connectivity index (χ4n) is 1.80. The Morgan fingerprint density at radius 2 is 2.17 bits per heavy atom. The summed E-state index contributed by atoms with van der Waals surface area (Å²) < 4.78 is 19.1. The third-order valence-corrected chi connectivity index (χ3v) is 2.85. The summed E-state index contributed by atoms with van der Waals surface area (Å²) >= 11 is 5.76. The highest BCUT2D eigenvalue weighted by Gasteiger charge is 2.14. The van der Waals surface area contributed by atoms with Crippen LogP contribution in [0.3, 0.4) is 0 Å². The van der Waals surface area contributed by atoms with Gasteiger partial charge in [-0.05, 0) is 12.1 Å². The number of aromatic nitrogens is 2. The second-order valence-corrected chi connectivity index (χ2v) is 4.22. The Labute approximate surface area is 108 Å². The van der Waals surface area contributed by atoms with Gasteiger partial charge in [-0.1, -0.05) is 11.6 Å². The van der Waals surface area contributed by atoms with Crippen molar-refractivity contribution in [3.8, 4) is 17.0 Å². The molecule has 0 saturated carbocycles. The van der Waals surface area contributed by atoms with E-state index >= 15 is 0 Å². The molecule has 0 unspecified atom stereocenters. The SMILES string of the molecule is Fc1cnc(Cl)cc1-c1cc2c(cn1)OCCN2. The maximum atomic E-state index is 13.7. The molecule has 18 heavy (non-hydrogen) atoms. The van der Waals surface area contributed by atoms with Crippen molar-refractivity contribution in [3.63, 3.8) is 0 Å². The van der Waals surface area contributed by atoms with Crippen LogP contribution >= 0.6 is 11.6 Å². The van der Waals surface area contributed by atoms with Gasteiger partial charge in [0.2, 0.25) is 0 Å². The highest BCUT2D eigenvalue weighted by molar-refractivity contribution is 6.29. The number of pyridine rings is 2. The Balaban J connectivity index is 2.09. The minimum Gasteiger partial charge on any atom is -0.488 e. The van der Waals surface area contributed by atoms with E-state index in [1.807, 2.05) is 0 Å². The molecule has 2 aromatic rings. The number of hydrogen-bond acceptors (Lipinski definition) is 4. The van der Waals surface area contributed by atoms with E-state index in [0.717, 1.165) is 18.4 Å². The molecule has 1 N–H and O–H groups in total. The van der Waals surface area contributed by atoms with Gasteiger partial charge < -0.3 is 10.1 Å². The van der Waals surface area contributed by atoms with Crippen molar-refractivity contribution < 1.29 is 9.13 Å². The van der Waals surface area contributed by atoms with Crippen molar-refractivity contribution in [2.75, 3.05) is 18.5 Å². The average Bonchev–Trinajstić information content (AvgIpc) is 2.41. The molecule has 0 bridgehead atoms. The Morgan fingerprint density at radius 3 is 3.06 bits per heavy atom. The molecule has 4 nitrogen and oxygen atoms in total. The molecule has 92 valence electrons. The first-order chi connectivity index (χ1) is 8.74. The summed E-state index contributed by atoms with van der Waals surface area (Å²) in [5.41, 5.74) is 1.62. The minimum atomic E-state index is -0.455. The van der Waals surface area contributed by atoms with Gasteiger partial charge >= 0.3 is 0 Å². The highest BCUT2D eigenvalue weighted by Crippen LogP contribution is 2.31. The fraction of sp³-hybridized carbons (Fsp3) is 0.167. The largest absolute Gasteiger partial charge is 0.488 e. The maximum absolute atomic E-state index is 13.7. The van der Waals surface area contributed by atoms with Gasteiger partial charge in [0.25, 0.3) is 0 Å². The number of rotatable bonds is 1. The van der Waals surface area contributed by atoms with Crippen LogP contribution in [0.15, 0.2) is 24.5 Å². The fourth-order valence-corrected chi connectivity index (χ4v) is 1.96. The van der Waals surface area contributed by atoms with E-state index < -0.39 is 5.82 Å². The maximum Gasteiger partial charge on any atom is 0.160 e. The van der Waals surface area contributed by atoms with Crippen molar-refractivity contribution in [1.29, 1.82) is 0 Å². The van der Waals surface area contributed by atoms with Gasteiger partial charge in [0.15, 0.2) is 11.6 Å². The van der Waals surface area contributed by atoms with E-state index in [1.165, 1.54) is 6.07 Å². The predicted octanol–water partition coefficient (Wildman–Crippen LogP) is 2.74. The van der Waals surface area contributed by atoms with Crippen LogP contribution in [0.25, 0.3) is 11.3 Å². The van der Waals surface area contributed by atoms with Crippen LogP contribution in [-0.4, -0.2) is 23.1 Å². The van der Waals surface area contributed by atoms with E-state index in [9.17, 15) is 4.39 Å². The highest BCUT2D eigenvalue weighted by atomic mass is 35.5. The first kappa shape index (κ1) is 11.2. The van der Waals surface area contributed by atoms with Crippen LogP contribution < -0.4 is 10.1 Å². The molecule has 0 aliphatic carbocycles. The molecule has 0 aromatic carbocycles. The van der Waals surface area contributed by atoms with Crippen LogP contribution in [0.5, 0.6) is 5.75 Å². The number of ether oxygens (including phenoxy) is 1. The van der Waals surface area contributed by atoms with Crippen LogP contribution in [0.4, 0.5) is 10.1 Å². The molecule has 0 atom stereocenters. The van der Waals surface area contributed by atoms with E-state index in [-0.39, 0.29) is 5.15 Å². The molecule has 0 spiro atoms. The zero-order valence-electron chi connectivity index (χ0n) is 9.28. The first-order valence-corrected chi connectivity index (χ1v) is 5.80. The van der Waals surface area contributed by atoms with Gasteiger partial charge in [-0.3, -0.25) is 4.98 Å². The zero-order chi connectivity index (χ0) is 12.5. The lowest BCUT2D eigenvalue weighted by Crippen LogP contribution is -2.18. The topological polar surface area (TPSA) is 47.0 Å². The second kappa shape index (κ2) is 4.42. The number of fused-ring (bicyclic) bond motifs is 1. The summed E-state index contributed by atoms with van der Waals surface area (Å²) in [4.78, 5) is 7.85. The van der Waals surface area contributed by atoms with Crippen LogP contribution in [-0.2, 0) is 0 Å². The van der Waals surface area contributed by atoms with Crippen molar-refractivity contribution >= 4 is 17.3 Å². The molecule has 6 heteroatoms. The van der Waals surface area contributed by atoms with Gasteiger partial charge in [0, 0.05) is 12.1 Å². The van der Waals surface area contributed by atoms with Crippen molar-refractivity contribution in [2.45, 2.75) is 0 Å². The van der Waals surface area contributed by atoms with Gasteiger partial charge in [0.05, 0.1) is 23.8 Å². The Hall–Kier alpha value is -1.88.